The maximum atomic E-state index is 11.7. The molecule has 0 unspecified atom stereocenters. The fourth-order valence-corrected chi connectivity index (χ4v) is 1.56. The highest BCUT2D eigenvalue weighted by atomic mass is 16.7. The summed E-state index contributed by atoms with van der Waals surface area (Å²) in [5.41, 5.74) is 3.40. The molecule has 0 aromatic heterocycles. The highest BCUT2D eigenvalue weighted by Crippen LogP contribution is 2.17. The van der Waals surface area contributed by atoms with Crippen molar-refractivity contribution in [2.24, 2.45) is 5.92 Å². The van der Waals surface area contributed by atoms with Gasteiger partial charge in [0.25, 0.3) is 0 Å². The van der Waals surface area contributed by atoms with Gasteiger partial charge in [0.05, 0.1) is 19.8 Å². The molecule has 0 heterocycles. The molecule has 1 aromatic rings. The number of hydrogen-bond acceptors (Lipinski definition) is 5. The predicted molar refractivity (Wildman–Crippen MR) is 85.9 cm³/mol. The summed E-state index contributed by atoms with van der Waals surface area (Å²) in [5.74, 6) is 0.993. The Morgan fingerprint density at radius 3 is 2.82 bits per heavy atom. The standard InChI is InChI=1S/C16H26N2O4/c1-4-17-22-9-8-20-12-16(19)18-14-6-5-7-15(10-14)21-11-13(2)3/h5-7,10,13,17H,4,8-9,11-12H2,1-3H3,(H,18,19). The number of carbonyl (C=O) groups is 1. The molecule has 0 spiro atoms. The molecule has 1 amide bonds. The van der Waals surface area contributed by atoms with Crippen molar-refractivity contribution in [1.82, 2.24) is 5.48 Å². The van der Waals surface area contributed by atoms with E-state index in [2.05, 4.69) is 24.6 Å². The van der Waals surface area contributed by atoms with Crippen LogP contribution in [0.25, 0.3) is 0 Å². The van der Waals surface area contributed by atoms with Crippen LogP contribution in [0.5, 0.6) is 5.75 Å². The Morgan fingerprint density at radius 2 is 2.09 bits per heavy atom. The van der Waals surface area contributed by atoms with Crippen LogP contribution in [0.1, 0.15) is 20.8 Å². The minimum absolute atomic E-state index is 0.00738. The number of benzene rings is 1. The fraction of sp³-hybridized carbons (Fsp3) is 0.562. The molecule has 0 saturated carbocycles. The van der Waals surface area contributed by atoms with Crippen molar-refractivity contribution in [3.05, 3.63) is 24.3 Å². The van der Waals surface area contributed by atoms with Crippen LogP contribution < -0.4 is 15.5 Å². The molecule has 22 heavy (non-hydrogen) atoms. The third-order valence-electron chi connectivity index (χ3n) is 2.51. The second-order valence-corrected chi connectivity index (χ2v) is 5.18. The second-order valence-electron chi connectivity index (χ2n) is 5.18. The van der Waals surface area contributed by atoms with Crippen LogP contribution in [-0.4, -0.2) is 38.9 Å². The Bertz CT molecular complexity index is 438. The Kier molecular flexibility index (Phi) is 9.21. The second kappa shape index (κ2) is 11.0. The van der Waals surface area contributed by atoms with Gasteiger partial charge in [0.15, 0.2) is 0 Å². The van der Waals surface area contributed by atoms with Gasteiger partial charge in [0, 0.05) is 18.3 Å². The minimum atomic E-state index is -0.204. The Hall–Kier alpha value is -1.63. The van der Waals surface area contributed by atoms with E-state index in [1.165, 1.54) is 0 Å². The number of hydrogen-bond donors (Lipinski definition) is 2. The van der Waals surface area contributed by atoms with Gasteiger partial charge < -0.3 is 14.8 Å². The van der Waals surface area contributed by atoms with Crippen LogP contribution in [0.15, 0.2) is 24.3 Å². The van der Waals surface area contributed by atoms with Crippen molar-refractivity contribution in [3.63, 3.8) is 0 Å². The van der Waals surface area contributed by atoms with E-state index < -0.39 is 0 Å². The van der Waals surface area contributed by atoms with Crippen molar-refractivity contribution >= 4 is 11.6 Å². The van der Waals surface area contributed by atoms with Crippen LogP contribution in [0.3, 0.4) is 0 Å². The molecular formula is C16H26N2O4. The number of ether oxygens (including phenoxy) is 2. The van der Waals surface area contributed by atoms with Gasteiger partial charge in [-0.3, -0.25) is 9.63 Å². The van der Waals surface area contributed by atoms with Gasteiger partial charge >= 0.3 is 0 Å². The third kappa shape index (κ3) is 8.61. The zero-order chi connectivity index (χ0) is 16.2. The summed E-state index contributed by atoms with van der Waals surface area (Å²) in [6, 6.07) is 7.33. The number of amides is 1. The third-order valence-corrected chi connectivity index (χ3v) is 2.51. The largest absolute Gasteiger partial charge is 0.493 e. The summed E-state index contributed by atoms with van der Waals surface area (Å²) in [4.78, 5) is 16.8. The molecule has 0 bridgehead atoms. The maximum absolute atomic E-state index is 11.7. The smallest absolute Gasteiger partial charge is 0.250 e. The molecule has 1 aromatic carbocycles. The molecular weight excluding hydrogens is 284 g/mol. The molecule has 0 aliphatic rings. The molecule has 6 nitrogen and oxygen atoms in total. The average Bonchev–Trinajstić information content (AvgIpc) is 2.49. The summed E-state index contributed by atoms with van der Waals surface area (Å²) >= 11 is 0. The number of nitrogens with one attached hydrogen (secondary N) is 2. The predicted octanol–water partition coefficient (Wildman–Crippen LogP) is 2.22. The highest BCUT2D eigenvalue weighted by molar-refractivity contribution is 5.91. The van der Waals surface area contributed by atoms with E-state index in [1.807, 2.05) is 25.1 Å². The van der Waals surface area contributed by atoms with Crippen LogP contribution >= 0.6 is 0 Å². The number of carbonyl (C=O) groups excluding carboxylic acids is 1. The molecule has 1 rings (SSSR count). The van der Waals surface area contributed by atoms with E-state index in [1.54, 1.807) is 6.07 Å². The Labute approximate surface area is 132 Å². The molecule has 124 valence electrons. The lowest BCUT2D eigenvalue weighted by atomic mass is 10.2. The molecule has 0 atom stereocenters. The number of rotatable bonds is 11. The molecule has 0 saturated heterocycles. The first-order valence-electron chi connectivity index (χ1n) is 7.57. The zero-order valence-corrected chi connectivity index (χ0v) is 13.6. The zero-order valence-electron chi connectivity index (χ0n) is 13.6. The maximum Gasteiger partial charge on any atom is 0.250 e. The van der Waals surface area contributed by atoms with E-state index in [0.717, 1.165) is 12.3 Å². The van der Waals surface area contributed by atoms with Gasteiger partial charge in [-0.2, -0.15) is 0 Å². The summed E-state index contributed by atoms with van der Waals surface area (Å²) in [6.45, 7) is 8.24. The van der Waals surface area contributed by atoms with Gasteiger partial charge in [-0.05, 0) is 18.1 Å². The van der Waals surface area contributed by atoms with E-state index in [0.29, 0.717) is 31.4 Å². The van der Waals surface area contributed by atoms with Crippen LogP contribution in [0, 0.1) is 5.92 Å². The first-order valence-corrected chi connectivity index (χ1v) is 7.57. The molecule has 0 aliphatic carbocycles. The fourth-order valence-electron chi connectivity index (χ4n) is 1.56. The van der Waals surface area contributed by atoms with Gasteiger partial charge in [0.1, 0.15) is 12.4 Å². The van der Waals surface area contributed by atoms with Gasteiger partial charge in [-0.1, -0.05) is 26.8 Å². The van der Waals surface area contributed by atoms with Crippen molar-refractivity contribution in [1.29, 1.82) is 0 Å². The summed E-state index contributed by atoms with van der Waals surface area (Å²) < 4.78 is 10.8. The Balaban J connectivity index is 2.27. The lowest BCUT2D eigenvalue weighted by molar-refractivity contribution is -0.121. The quantitative estimate of drug-likeness (QED) is 0.484. The van der Waals surface area contributed by atoms with E-state index in [-0.39, 0.29) is 12.5 Å². The monoisotopic (exact) mass is 310 g/mol. The molecule has 2 N–H and O–H groups in total. The first-order chi connectivity index (χ1) is 10.6. The highest BCUT2D eigenvalue weighted by Gasteiger charge is 2.04. The van der Waals surface area contributed by atoms with Gasteiger partial charge in [-0.25, -0.2) is 5.48 Å². The van der Waals surface area contributed by atoms with Crippen LogP contribution in [0.4, 0.5) is 5.69 Å². The van der Waals surface area contributed by atoms with Gasteiger partial charge in [-0.15, -0.1) is 0 Å². The molecule has 6 heteroatoms. The lowest BCUT2D eigenvalue weighted by Gasteiger charge is -2.11. The van der Waals surface area contributed by atoms with E-state index in [4.69, 9.17) is 14.3 Å². The summed E-state index contributed by atoms with van der Waals surface area (Å²) in [6.07, 6.45) is 0. The summed E-state index contributed by atoms with van der Waals surface area (Å²) in [5, 5.41) is 2.77. The minimum Gasteiger partial charge on any atom is -0.493 e. The van der Waals surface area contributed by atoms with Crippen molar-refractivity contribution in [2.45, 2.75) is 20.8 Å². The summed E-state index contributed by atoms with van der Waals surface area (Å²) in [7, 11) is 0. The lowest BCUT2D eigenvalue weighted by Crippen LogP contribution is -2.22. The van der Waals surface area contributed by atoms with Crippen molar-refractivity contribution < 1.29 is 19.1 Å². The molecule has 0 aliphatic heterocycles. The molecule has 0 fully saturated rings. The van der Waals surface area contributed by atoms with E-state index in [9.17, 15) is 4.79 Å². The Morgan fingerprint density at radius 1 is 1.27 bits per heavy atom. The number of anilines is 1. The topological polar surface area (TPSA) is 68.8 Å². The normalized spacial score (nSPS) is 10.7. The van der Waals surface area contributed by atoms with E-state index >= 15 is 0 Å². The average molecular weight is 310 g/mol. The van der Waals surface area contributed by atoms with Crippen LogP contribution in [-0.2, 0) is 14.4 Å². The van der Waals surface area contributed by atoms with Crippen LogP contribution in [0.2, 0.25) is 0 Å². The SMILES string of the molecule is CCNOCCOCC(=O)Nc1cccc(OCC(C)C)c1. The first kappa shape index (κ1) is 18.4. The van der Waals surface area contributed by atoms with Crippen molar-refractivity contribution in [3.8, 4) is 5.75 Å². The van der Waals surface area contributed by atoms with Gasteiger partial charge in [0.2, 0.25) is 5.91 Å². The number of hydroxylamine groups is 1. The van der Waals surface area contributed by atoms with Crippen molar-refractivity contribution in [2.75, 3.05) is 38.3 Å². The molecule has 0 radical (unpaired) electrons.